The predicted molar refractivity (Wildman–Crippen MR) is 96.3 cm³/mol. The fourth-order valence-electron chi connectivity index (χ4n) is 2.44. The maximum absolute atomic E-state index is 5.84. The van der Waals surface area contributed by atoms with Gasteiger partial charge in [0.2, 0.25) is 0 Å². The molecule has 116 valence electrons. The molecule has 0 saturated heterocycles. The van der Waals surface area contributed by atoms with Gasteiger partial charge in [0.1, 0.15) is 11.5 Å². The lowest BCUT2D eigenvalue weighted by molar-refractivity contribution is 0.482. The van der Waals surface area contributed by atoms with Crippen molar-refractivity contribution in [2.45, 2.75) is 0 Å². The number of fused-ring (bicyclic) bond motifs is 1. The van der Waals surface area contributed by atoms with Crippen LogP contribution in [0, 0.1) is 0 Å². The highest BCUT2D eigenvalue weighted by atomic mass is 16.5. The van der Waals surface area contributed by atoms with Crippen LogP contribution >= 0.6 is 0 Å². The molecule has 0 bridgehead atoms. The first-order valence-electron chi connectivity index (χ1n) is 7.67. The van der Waals surface area contributed by atoms with E-state index in [1.54, 1.807) is 6.33 Å². The zero-order chi connectivity index (χ0) is 16.2. The van der Waals surface area contributed by atoms with Crippen LogP contribution in [0.25, 0.3) is 11.0 Å². The monoisotopic (exact) mass is 313 g/mol. The quantitative estimate of drug-likeness (QED) is 0.532. The Kier molecular flexibility index (Phi) is 3.78. The molecule has 4 aromatic rings. The molecule has 0 fully saturated rings. The van der Waals surface area contributed by atoms with Crippen LogP contribution in [-0.4, -0.2) is 16.2 Å². The minimum Gasteiger partial charge on any atom is -0.457 e. The van der Waals surface area contributed by atoms with Crippen LogP contribution in [0.2, 0.25) is 0 Å². The fraction of sp³-hybridized carbons (Fsp3) is 0. The molecule has 24 heavy (non-hydrogen) atoms. The van der Waals surface area contributed by atoms with Crippen LogP contribution in [-0.2, 0) is 0 Å². The average molecular weight is 313 g/mol. The van der Waals surface area contributed by atoms with Gasteiger partial charge in [-0.25, -0.2) is 4.98 Å². The van der Waals surface area contributed by atoms with Crippen LogP contribution in [0.1, 0.15) is 5.56 Å². The molecule has 0 radical (unpaired) electrons. The second-order valence-corrected chi connectivity index (χ2v) is 5.35. The van der Waals surface area contributed by atoms with Crippen LogP contribution in [0.3, 0.4) is 0 Å². The first kappa shape index (κ1) is 14.2. The molecule has 4 nitrogen and oxygen atoms in total. The molecule has 0 spiro atoms. The second-order valence-electron chi connectivity index (χ2n) is 5.35. The van der Waals surface area contributed by atoms with E-state index in [1.807, 2.05) is 79.0 Å². The second kappa shape index (κ2) is 6.38. The summed E-state index contributed by atoms with van der Waals surface area (Å²) in [6, 6.07) is 23.5. The fourth-order valence-corrected chi connectivity index (χ4v) is 2.44. The number of para-hydroxylation sites is 1. The molecule has 4 heteroatoms. The van der Waals surface area contributed by atoms with Crippen LogP contribution < -0.4 is 4.74 Å². The standard InChI is InChI=1S/C20H15N3O/c1-2-6-17(7-3-1)24-18-8-4-5-15(11-18)13-21-16-9-10-19-20(12-16)23-14-22-19/h1-14H,(H,22,23). The van der Waals surface area contributed by atoms with Gasteiger partial charge in [-0.05, 0) is 48.0 Å². The number of hydrogen-bond donors (Lipinski definition) is 1. The van der Waals surface area contributed by atoms with Crippen LogP contribution in [0.15, 0.2) is 84.1 Å². The van der Waals surface area contributed by atoms with E-state index in [9.17, 15) is 0 Å². The minimum atomic E-state index is 0.786. The van der Waals surface area contributed by atoms with E-state index in [0.717, 1.165) is 33.8 Å². The van der Waals surface area contributed by atoms with Crippen molar-refractivity contribution in [1.82, 2.24) is 9.97 Å². The van der Waals surface area contributed by atoms with Gasteiger partial charge in [0.25, 0.3) is 0 Å². The van der Waals surface area contributed by atoms with Crippen molar-refractivity contribution in [2.75, 3.05) is 0 Å². The summed E-state index contributed by atoms with van der Waals surface area (Å²) < 4.78 is 5.84. The molecular formula is C20H15N3O. The highest BCUT2D eigenvalue weighted by molar-refractivity contribution is 5.84. The molecule has 0 amide bonds. The van der Waals surface area contributed by atoms with Gasteiger partial charge in [0, 0.05) is 6.21 Å². The topological polar surface area (TPSA) is 50.3 Å². The third-order valence-corrected chi connectivity index (χ3v) is 3.60. The van der Waals surface area contributed by atoms with Crippen molar-refractivity contribution in [3.05, 3.63) is 84.7 Å². The predicted octanol–water partition coefficient (Wildman–Crippen LogP) is 5.11. The molecule has 1 heterocycles. The molecule has 0 aliphatic heterocycles. The Bertz CT molecular complexity index is 990. The largest absolute Gasteiger partial charge is 0.457 e. The summed E-state index contributed by atoms with van der Waals surface area (Å²) in [5.74, 6) is 1.60. The number of hydrogen-bond acceptors (Lipinski definition) is 3. The Morgan fingerprint density at radius 2 is 1.75 bits per heavy atom. The maximum Gasteiger partial charge on any atom is 0.128 e. The van der Waals surface area contributed by atoms with E-state index >= 15 is 0 Å². The molecular weight excluding hydrogens is 298 g/mol. The number of rotatable bonds is 4. The van der Waals surface area contributed by atoms with Gasteiger partial charge in [0.05, 0.1) is 23.0 Å². The Morgan fingerprint density at radius 1 is 0.875 bits per heavy atom. The van der Waals surface area contributed by atoms with Crippen molar-refractivity contribution in [3.63, 3.8) is 0 Å². The smallest absolute Gasteiger partial charge is 0.128 e. The third-order valence-electron chi connectivity index (χ3n) is 3.60. The number of imidazole rings is 1. The van der Waals surface area contributed by atoms with Crippen LogP contribution in [0.5, 0.6) is 11.5 Å². The van der Waals surface area contributed by atoms with Gasteiger partial charge in [0.15, 0.2) is 0 Å². The number of benzene rings is 3. The zero-order valence-corrected chi connectivity index (χ0v) is 12.9. The lowest BCUT2D eigenvalue weighted by Crippen LogP contribution is -1.86. The highest BCUT2D eigenvalue weighted by Gasteiger charge is 1.99. The molecule has 4 rings (SSSR count). The molecule has 0 unspecified atom stereocenters. The van der Waals surface area contributed by atoms with E-state index in [0.29, 0.717) is 0 Å². The minimum absolute atomic E-state index is 0.786. The Morgan fingerprint density at radius 3 is 2.67 bits per heavy atom. The lowest BCUT2D eigenvalue weighted by Gasteiger charge is -2.05. The summed E-state index contributed by atoms with van der Waals surface area (Å²) in [4.78, 5) is 11.8. The van der Waals surface area contributed by atoms with Crippen LogP contribution in [0.4, 0.5) is 5.69 Å². The number of aromatic nitrogens is 2. The Balaban J connectivity index is 1.54. The molecule has 1 aromatic heterocycles. The van der Waals surface area contributed by atoms with Crippen molar-refractivity contribution in [3.8, 4) is 11.5 Å². The van der Waals surface area contributed by atoms with Crippen molar-refractivity contribution < 1.29 is 4.74 Å². The Labute approximate surface area is 139 Å². The van der Waals surface area contributed by atoms with Crippen molar-refractivity contribution in [1.29, 1.82) is 0 Å². The number of aliphatic imine (C=N–C) groups is 1. The third kappa shape index (κ3) is 3.17. The van der Waals surface area contributed by atoms with E-state index in [-0.39, 0.29) is 0 Å². The maximum atomic E-state index is 5.84. The molecule has 0 atom stereocenters. The van der Waals surface area contributed by atoms with Crippen molar-refractivity contribution in [2.24, 2.45) is 4.99 Å². The summed E-state index contributed by atoms with van der Waals surface area (Å²) >= 11 is 0. The molecule has 0 saturated carbocycles. The van der Waals surface area contributed by atoms with Gasteiger partial charge in [-0.2, -0.15) is 0 Å². The molecule has 1 N–H and O–H groups in total. The number of nitrogens with one attached hydrogen (secondary N) is 1. The summed E-state index contributed by atoms with van der Waals surface area (Å²) in [6.45, 7) is 0. The molecule has 0 aliphatic rings. The van der Waals surface area contributed by atoms with Crippen molar-refractivity contribution >= 4 is 22.9 Å². The van der Waals surface area contributed by atoms with E-state index in [1.165, 1.54) is 0 Å². The number of ether oxygens (including phenoxy) is 1. The number of H-pyrrole nitrogens is 1. The van der Waals surface area contributed by atoms with E-state index < -0.39 is 0 Å². The number of nitrogens with zero attached hydrogens (tertiary/aromatic N) is 2. The zero-order valence-electron chi connectivity index (χ0n) is 12.9. The van der Waals surface area contributed by atoms with Gasteiger partial charge >= 0.3 is 0 Å². The number of aromatic amines is 1. The van der Waals surface area contributed by atoms with Gasteiger partial charge in [-0.1, -0.05) is 30.3 Å². The van der Waals surface area contributed by atoms with E-state index in [2.05, 4.69) is 15.0 Å². The SMILES string of the molecule is C(=Nc1ccc2nc[nH]c2c1)c1cccc(Oc2ccccc2)c1. The van der Waals surface area contributed by atoms with Gasteiger partial charge < -0.3 is 9.72 Å². The normalized spacial score (nSPS) is 11.2. The lowest BCUT2D eigenvalue weighted by atomic mass is 10.2. The summed E-state index contributed by atoms with van der Waals surface area (Å²) in [5, 5.41) is 0. The first-order chi connectivity index (χ1) is 11.9. The van der Waals surface area contributed by atoms with Gasteiger partial charge in [-0.3, -0.25) is 4.99 Å². The average Bonchev–Trinajstić information content (AvgIpc) is 3.09. The van der Waals surface area contributed by atoms with Gasteiger partial charge in [-0.15, -0.1) is 0 Å². The molecule has 3 aromatic carbocycles. The highest BCUT2D eigenvalue weighted by Crippen LogP contribution is 2.22. The Hall–Kier alpha value is -3.40. The summed E-state index contributed by atoms with van der Waals surface area (Å²) in [5.41, 5.74) is 3.77. The van der Waals surface area contributed by atoms with E-state index in [4.69, 9.17) is 4.74 Å². The first-order valence-corrected chi connectivity index (χ1v) is 7.67. The molecule has 0 aliphatic carbocycles. The summed E-state index contributed by atoms with van der Waals surface area (Å²) in [6.07, 6.45) is 3.51. The summed E-state index contributed by atoms with van der Waals surface area (Å²) in [7, 11) is 0.